The van der Waals surface area contributed by atoms with Gasteiger partial charge in [0.15, 0.2) is 0 Å². The van der Waals surface area contributed by atoms with Crippen LogP contribution in [-0.2, 0) is 22.2 Å². The minimum atomic E-state index is -3.80. The molecule has 1 aliphatic heterocycles. The predicted molar refractivity (Wildman–Crippen MR) is 112 cm³/mol. The maximum absolute atomic E-state index is 14.6. The van der Waals surface area contributed by atoms with Gasteiger partial charge in [-0.25, -0.2) is 31.3 Å². The van der Waals surface area contributed by atoms with Gasteiger partial charge in [0, 0.05) is 44.4 Å². The van der Waals surface area contributed by atoms with Gasteiger partial charge in [-0.1, -0.05) is 6.07 Å². The minimum absolute atomic E-state index is 0.00609. The van der Waals surface area contributed by atoms with E-state index in [0.29, 0.717) is 6.07 Å². The van der Waals surface area contributed by atoms with Crippen molar-refractivity contribution in [1.82, 2.24) is 24.0 Å². The number of piperazine rings is 1. The highest BCUT2D eigenvalue weighted by atomic mass is 32.2. The summed E-state index contributed by atoms with van der Waals surface area (Å²) in [7, 11) is -3.80. The molecule has 0 spiro atoms. The first-order valence-corrected chi connectivity index (χ1v) is 11.6. The van der Waals surface area contributed by atoms with Crippen LogP contribution >= 0.6 is 0 Å². The normalized spacial score (nSPS) is 17.7. The molecular formula is C21H22F3N5O3S. The number of aromatic nitrogens is 3. The SMILES string of the molecule is O=S(=O)(c1ccc(F)cc1)N1CCN(CC(O)(Cn2cncn2)c2ccc(F)cc2F)CC1. The number of hydrogen-bond acceptors (Lipinski definition) is 6. The Bertz CT molecular complexity index is 1200. The van der Waals surface area contributed by atoms with E-state index in [1.165, 1.54) is 39.8 Å². The molecule has 2 heterocycles. The average Bonchev–Trinajstić information content (AvgIpc) is 3.27. The average molecular weight is 482 g/mol. The van der Waals surface area contributed by atoms with Crippen LogP contribution in [0.15, 0.2) is 60.0 Å². The summed E-state index contributed by atoms with van der Waals surface area (Å²) in [4.78, 5) is 5.63. The Labute approximate surface area is 188 Å². The van der Waals surface area contributed by atoms with E-state index in [1.807, 2.05) is 0 Å². The standard InChI is InChI=1S/C21H22F3N5O3S/c22-16-1-4-18(5-2-16)33(31,32)29-9-7-27(8-10-29)12-21(30,13-28-15-25-14-26-28)19-6-3-17(23)11-20(19)24/h1-6,11,14-15,30H,7-10,12-13H2. The van der Waals surface area contributed by atoms with E-state index in [4.69, 9.17) is 0 Å². The third-order valence-corrected chi connectivity index (χ3v) is 7.50. The van der Waals surface area contributed by atoms with Crippen molar-refractivity contribution in [3.05, 3.63) is 78.1 Å². The molecule has 176 valence electrons. The van der Waals surface area contributed by atoms with E-state index < -0.39 is 33.1 Å². The van der Waals surface area contributed by atoms with Gasteiger partial charge in [-0.15, -0.1) is 0 Å². The zero-order valence-electron chi connectivity index (χ0n) is 17.5. The topological polar surface area (TPSA) is 91.6 Å². The van der Waals surface area contributed by atoms with E-state index in [1.54, 1.807) is 4.90 Å². The van der Waals surface area contributed by atoms with Gasteiger partial charge < -0.3 is 5.11 Å². The van der Waals surface area contributed by atoms with Crippen molar-refractivity contribution < 1.29 is 26.7 Å². The van der Waals surface area contributed by atoms with Crippen molar-refractivity contribution in [3.8, 4) is 0 Å². The molecule has 0 saturated carbocycles. The molecule has 1 fully saturated rings. The van der Waals surface area contributed by atoms with E-state index in [0.717, 1.165) is 18.2 Å². The van der Waals surface area contributed by atoms with Gasteiger partial charge in [-0.2, -0.15) is 9.40 Å². The largest absolute Gasteiger partial charge is 0.382 e. The lowest BCUT2D eigenvalue weighted by atomic mass is 9.92. The highest BCUT2D eigenvalue weighted by Crippen LogP contribution is 2.29. The second-order valence-electron chi connectivity index (χ2n) is 7.88. The molecule has 1 saturated heterocycles. The second kappa shape index (κ2) is 9.21. The van der Waals surface area contributed by atoms with E-state index in [9.17, 15) is 26.7 Å². The van der Waals surface area contributed by atoms with Gasteiger partial charge in [0.05, 0.1) is 11.4 Å². The van der Waals surface area contributed by atoms with E-state index in [2.05, 4.69) is 10.1 Å². The lowest BCUT2D eigenvalue weighted by Gasteiger charge is -2.39. The Morgan fingerprint density at radius 1 is 0.939 bits per heavy atom. The smallest absolute Gasteiger partial charge is 0.243 e. The molecule has 1 unspecified atom stereocenters. The number of sulfonamides is 1. The molecule has 0 aliphatic carbocycles. The highest BCUT2D eigenvalue weighted by Gasteiger charge is 2.37. The molecular weight excluding hydrogens is 459 g/mol. The fraction of sp³-hybridized carbons (Fsp3) is 0.333. The van der Waals surface area contributed by atoms with Crippen LogP contribution in [0.3, 0.4) is 0 Å². The summed E-state index contributed by atoms with van der Waals surface area (Å²) in [6.07, 6.45) is 2.65. The van der Waals surface area contributed by atoms with Crippen molar-refractivity contribution in [3.63, 3.8) is 0 Å². The van der Waals surface area contributed by atoms with Crippen LogP contribution in [0.2, 0.25) is 0 Å². The van der Waals surface area contributed by atoms with Gasteiger partial charge >= 0.3 is 0 Å². The second-order valence-corrected chi connectivity index (χ2v) is 9.82. The van der Waals surface area contributed by atoms with Crippen LogP contribution in [0.1, 0.15) is 5.56 Å². The Kier molecular flexibility index (Phi) is 6.52. The quantitative estimate of drug-likeness (QED) is 0.551. The number of aliphatic hydroxyl groups is 1. The summed E-state index contributed by atoms with van der Waals surface area (Å²) in [5.74, 6) is -2.19. The molecule has 4 rings (SSSR count). The molecule has 1 aromatic heterocycles. The lowest BCUT2D eigenvalue weighted by Crippen LogP contribution is -2.53. The van der Waals surface area contributed by atoms with Crippen molar-refractivity contribution in [2.45, 2.75) is 17.0 Å². The maximum atomic E-state index is 14.6. The van der Waals surface area contributed by atoms with Gasteiger partial charge in [-0.3, -0.25) is 4.90 Å². The Morgan fingerprint density at radius 2 is 1.61 bits per heavy atom. The Balaban J connectivity index is 1.51. The van der Waals surface area contributed by atoms with E-state index >= 15 is 0 Å². The fourth-order valence-corrected chi connectivity index (χ4v) is 5.35. The first-order chi connectivity index (χ1) is 15.7. The molecule has 0 radical (unpaired) electrons. The third kappa shape index (κ3) is 5.08. The summed E-state index contributed by atoms with van der Waals surface area (Å²) in [5.41, 5.74) is -1.87. The zero-order valence-corrected chi connectivity index (χ0v) is 18.3. The lowest BCUT2D eigenvalue weighted by molar-refractivity contribution is -0.0274. The number of nitrogens with zero attached hydrogens (tertiary/aromatic N) is 5. The molecule has 33 heavy (non-hydrogen) atoms. The molecule has 12 heteroatoms. The molecule has 1 aliphatic rings. The van der Waals surface area contributed by atoms with E-state index in [-0.39, 0.29) is 49.7 Å². The Hall–Kier alpha value is -2.80. The predicted octanol–water partition coefficient (Wildman–Crippen LogP) is 1.59. The summed E-state index contributed by atoms with van der Waals surface area (Å²) < 4.78 is 69.5. The van der Waals surface area contributed by atoms with Crippen molar-refractivity contribution in [2.75, 3.05) is 32.7 Å². The van der Waals surface area contributed by atoms with Gasteiger partial charge in [0.2, 0.25) is 10.0 Å². The summed E-state index contributed by atoms with van der Waals surface area (Å²) in [6.45, 7) is 0.616. The third-order valence-electron chi connectivity index (χ3n) is 5.59. The van der Waals surface area contributed by atoms with Gasteiger partial charge in [-0.05, 0) is 30.3 Å². The van der Waals surface area contributed by atoms with Crippen LogP contribution < -0.4 is 0 Å². The molecule has 8 nitrogen and oxygen atoms in total. The summed E-state index contributed by atoms with van der Waals surface area (Å²) in [6, 6.07) is 7.56. The van der Waals surface area contributed by atoms with Crippen LogP contribution in [0, 0.1) is 17.5 Å². The number of β-amino-alcohol motifs (C(OH)–C–C–N with tert-alkyl or cyclic N) is 1. The number of benzene rings is 2. The van der Waals surface area contributed by atoms with Gasteiger partial charge in [0.1, 0.15) is 35.7 Å². The molecule has 2 aromatic carbocycles. The first-order valence-electron chi connectivity index (χ1n) is 10.2. The molecule has 3 aromatic rings. The van der Waals surface area contributed by atoms with Gasteiger partial charge in [0.25, 0.3) is 0 Å². The number of hydrogen-bond donors (Lipinski definition) is 1. The molecule has 0 amide bonds. The number of rotatable bonds is 7. The monoisotopic (exact) mass is 481 g/mol. The molecule has 0 bridgehead atoms. The van der Waals surface area contributed by atoms with Crippen molar-refractivity contribution in [1.29, 1.82) is 0 Å². The molecule has 1 atom stereocenters. The van der Waals surface area contributed by atoms with Crippen LogP contribution in [0.25, 0.3) is 0 Å². The highest BCUT2D eigenvalue weighted by molar-refractivity contribution is 7.89. The maximum Gasteiger partial charge on any atom is 0.243 e. The first kappa shape index (κ1) is 23.4. The van der Waals surface area contributed by atoms with Crippen LogP contribution in [0.5, 0.6) is 0 Å². The number of halogens is 3. The molecule has 1 N–H and O–H groups in total. The van der Waals surface area contributed by atoms with Crippen LogP contribution in [0.4, 0.5) is 13.2 Å². The van der Waals surface area contributed by atoms with Crippen molar-refractivity contribution in [2.24, 2.45) is 0 Å². The summed E-state index contributed by atoms with van der Waals surface area (Å²) in [5, 5.41) is 15.4. The summed E-state index contributed by atoms with van der Waals surface area (Å²) >= 11 is 0. The Morgan fingerprint density at radius 3 is 2.21 bits per heavy atom. The van der Waals surface area contributed by atoms with Crippen molar-refractivity contribution >= 4 is 10.0 Å². The van der Waals surface area contributed by atoms with Crippen LogP contribution in [-0.4, -0.2) is 70.2 Å². The minimum Gasteiger partial charge on any atom is -0.382 e. The zero-order chi connectivity index (χ0) is 23.6. The fourth-order valence-electron chi connectivity index (χ4n) is 3.92.